The van der Waals surface area contributed by atoms with Gasteiger partial charge in [0.05, 0.1) is 11.5 Å². The molecule has 150 valence electrons. The third-order valence-electron chi connectivity index (χ3n) is 5.89. The molecule has 3 aromatic rings. The maximum Gasteiger partial charge on any atom is 0.236 e. The SMILES string of the molecule is Cc1ccc(C2(C(=O)Nc3ncc(C(c4ccccc4)N(C)C)s3)CC2)cc1C. The fraction of sp³-hybridized carbons (Fsp3) is 0.333. The summed E-state index contributed by atoms with van der Waals surface area (Å²) >= 11 is 1.55. The quantitative estimate of drug-likeness (QED) is 0.622. The number of nitrogens with one attached hydrogen (secondary N) is 1. The molecule has 1 aliphatic carbocycles. The number of aromatic nitrogens is 1. The standard InChI is InChI=1S/C24H27N3OS/c1-16-10-11-19(14-17(16)2)24(12-13-24)22(28)26-23-25-15-20(29-23)21(27(3)4)18-8-6-5-7-9-18/h5-11,14-15,21H,12-13H2,1-4H3,(H,25,26,28). The van der Waals surface area contributed by atoms with E-state index in [1.165, 1.54) is 16.7 Å². The predicted octanol–water partition coefficient (Wildman–Crippen LogP) is 5.08. The van der Waals surface area contributed by atoms with Crippen LogP contribution in [-0.2, 0) is 10.2 Å². The Morgan fingerprint density at radius 3 is 2.45 bits per heavy atom. The second kappa shape index (κ2) is 7.73. The van der Waals surface area contributed by atoms with Gasteiger partial charge in [-0.2, -0.15) is 0 Å². The van der Waals surface area contributed by atoms with Gasteiger partial charge >= 0.3 is 0 Å². The number of carbonyl (C=O) groups excluding carboxylic acids is 1. The van der Waals surface area contributed by atoms with E-state index in [0.29, 0.717) is 5.13 Å². The molecule has 1 atom stereocenters. The number of benzene rings is 2. The lowest BCUT2D eigenvalue weighted by atomic mass is 9.92. The third-order valence-corrected chi connectivity index (χ3v) is 6.85. The van der Waals surface area contributed by atoms with Crippen LogP contribution in [0, 0.1) is 13.8 Å². The molecule has 29 heavy (non-hydrogen) atoms. The molecule has 4 rings (SSSR count). The van der Waals surface area contributed by atoms with Crippen LogP contribution in [0.15, 0.2) is 54.7 Å². The first kappa shape index (κ1) is 19.8. The number of carbonyl (C=O) groups is 1. The van der Waals surface area contributed by atoms with Crippen molar-refractivity contribution < 1.29 is 4.79 Å². The molecule has 1 heterocycles. The van der Waals surface area contributed by atoms with E-state index < -0.39 is 5.41 Å². The third kappa shape index (κ3) is 3.85. The molecule has 1 unspecified atom stereocenters. The van der Waals surface area contributed by atoms with Crippen LogP contribution in [0.1, 0.15) is 46.0 Å². The maximum absolute atomic E-state index is 13.1. The summed E-state index contributed by atoms with van der Waals surface area (Å²) in [6, 6.07) is 16.9. The summed E-state index contributed by atoms with van der Waals surface area (Å²) in [5, 5.41) is 3.76. The van der Waals surface area contributed by atoms with Crippen molar-refractivity contribution in [3.8, 4) is 0 Å². The molecule has 0 spiro atoms. The molecular weight excluding hydrogens is 378 g/mol. The second-order valence-corrected chi connectivity index (χ2v) is 9.24. The lowest BCUT2D eigenvalue weighted by molar-refractivity contribution is -0.118. The van der Waals surface area contributed by atoms with Crippen LogP contribution >= 0.6 is 11.3 Å². The van der Waals surface area contributed by atoms with Crippen LogP contribution in [0.3, 0.4) is 0 Å². The highest BCUT2D eigenvalue weighted by Gasteiger charge is 2.51. The minimum absolute atomic E-state index is 0.0581. The Kier molecular flexibility index (Phi) is 5.28. The molecule has 1 fully saturated rings. The van der Waals surface area contributed by atoms with Crippen molar-refractivity contribution in [3.05, 3.63) is 81.9 Å². The van der Waals surface area contributed by atoms with Crippen molar-refractivity contribution in [2.24, 2.45) is 0 Å². The molecule has 4 nitrogen and oxygen atoms in total. The molecule has 0 aliphatic heterocycles. The zero-order chi connectivity index (χ0) is 20.6. The Bertz CT molecular complexity index is 1020. The van der Waals surface area contributed by atoms with Gasteiger partial charge in [0.2, 0.25) is 5.91 Å². The van der Waals surface area contributed by atoms with E-state index in [1.807, 2.05) is 12.3 Å². The molecule has 1 aromatic heterocycles. The van der Waals surface area contributed by atoms with E-state index >= 15 is 0 Å². The summed E-state index contributed by atoms with van der Waals surface area (Å²) in [6.45, 7) is 4.20. The van der Waals surface area contributed by atoms with Gasteiger partial charge in [-0.25, -0.2) is 4.98 Å². The number of aryl methyl sites for hydroxylation is 2. The Morgan fingerprint density at radius 1 is 1.10 bits per heavy atom. The van der Waals surface area contributed by atoms with Gasteiger partial charge in [0.1, 0.15) is 0 Å². The van der Waals surface area contributed by atoms with Gasteiger partial charge in [-0.3, -0.25) is 9.69 Å². The first-order valence-corrected chi connectivity index (χ1v) is 10.8. The summed E-state index contributed by atoms with van der Waals surface area (Å²) in [5.74, 6) is 0.0581. The Hall–Kier alpha value is -2.50. The number of rotatable bonds is 6. The first-order chi connectivity index (χ1) is 13.9. The van der Waals surface area contributed by atoms with Crippen LogP contribution in [0.25, 0.3) is 0 Å². The lowest BCUT2D eigenvalue weighted by Crippen LogP contribution is -2.27. The maximum atomic E-state index is 13.1. The van der Waals surface area contributed by atoms with Gasteiger partial charge in [-0.1, -0.05) is 59.9 Å². The topological polar surface area (TPSA) is 45.2 Å². The van der Waals surface area contributed by atoms with Gasteiger partial charge in [0.25, 0.3) is 0 Å². The van der Waals surface area contributed by atoms with Gasteiger partial charge in [0.15, 0.2) is 5.13 Å². The molecule has 0 saturated heterocycles. The number of thiazole rings is 1. The van der Waals surface area contributed by atoms with Gasteiger partial charge in [-0.05, 0) is 63.0 Å². The zero-order valence-corrected chi connectivity index (χ0v) is 18.2. The van der Waals surface area contributed by atoms with E-state index in [-0.39, 0.29) is 11.9 Å². The minimum Gasteiger partial charge on any atom is -0.301 e. The van der Waals surface area contributed by atoms with Gasteiger partial charge in [0, 0.05) is 11.1 Å². The average Bonchev–Trinajstić information content (AvgIpc) is 3.40. The van der Waals surface area contributed by atoms with Crippen molar-refractivity contribution in [1.82, 2.24) is 9.88 Å². The molecule has 2 aromatic carbocycles. The second-order valence-electron chi connectivity index (χ2n) is 8.18. The highest BCUT2D eigenvalue weighted by atomic mass is 32.1. The Labute approximate surface area is 176 Å². The first-order valence-electron chi connectivity index (χ1n) is 9.97. The van der Waals surface area contributed by atoms with Crippen LogP contribution < -0.4 is 5.32 Å². The van der Waals surface area contributed by atoms with Crippen molar-refractivity contribution in [2.45, 2.75) is 38.1 Å². The number of hydrogen-bond donors (Lipinski definition) is 1. The number of amides is 1. The average molecular weight is 406 g/mol. The smallest absolute Gasteiger partial charge is 0.236 e. The van der Waals surface area contributed by atoms with Crippen LogP contribution in [0.4, 0.5) is 5.13 Å². The Morgan fingerprint density at radius 2 is 1.83 bits per heavy atom. The zero-order valence-electron chi connectivity index (χ0n) is 17.4. The van der Waals surface area contributed by atoms with Crippen molar-refractivity contribution in [2.75, 3.05) is 19.4 Å². The number of nitrogens with zero attached hydrogens (tertiary/aromatic N) is 2. The Balaban J connectivity index is 1.54. The molecule has 1 N–H and O–H groups in total. The van der Waals surface area contributed by atoms with Crippen LogP contribution in [-0.4, -0.2) is 29.9 Å². The number of anilines is 1. The summed E-state index contributed by atoms with van der Waals surface area (Å²) in [7, 11) is 4.13. The van der Waals surface area contributed by atoms with Crippen molar-refractivity contribution in [3.63, 3.8) is 0 Å². The van der Waals surface area contributed by atoms with E-state index in [2.05, 4.69) is 85.6 Å². The van der Waals surface area contributed by atoms with Crippen molar-refractivity contribution >= 4 is 22.4 Å². The molecular formula is C24H27N3OS. The molecule has 1 aliphatic rings. The fourth-order valence-corrected chi connectivity index (χ4v) is 4.89. The largest absolute Gasteiger partial charge is 0.301 e. The minimum atomic E-state index is -0.398. The normalized spacial score (nSPS) is 15.9. The molecule has 0 radical (unpaired) electrons. The number of hydrogen-bond acceptors (Lipinski definition) is 4. The predicted molar refractivity (Wildman–Crippen MR) is 120 cm³/mol. The van der Waals surface area contributed by atoms with E-state index in [0.717, 1.165) is 23.3 Å². The van der Waals surface area contributed by atoms with E-state index in [1.54, 1.807) is 11.3 Å². The van der Waals surface area contributed by atoms with Crippen LogP contribution in [0.2, 0.25) is 0 Å². The van der Waals surface area contributed by atoms with Crippen molar-refractivity contribution in [1.29, 1.82) is 0 Å². The monoisotopic (exact) mass is 405 g/mol. The molecule has 1 amide bonds. The summed E-state index contributed by atoms with van der Waals surface area (Å²) in [5.41, 5.74) is 4.42. The highest BCUT2D eigenvalue weighted by Crippen LogP contribution is 2.49. The van der Waals surface area contributed by atoms with E-state index in [9.17, 15) is 4.79 Å². The molecule has 0 bridgehead atoms. The summed E-state index contributed by atoms with van der Waals surface area (Å²) in [6.07, 6.45) is 3.67. The van der Waals surface area contributed by atoms with Gasteiger partial charge in [-0.15, -0.1) is 0 Å². The van der Waals surface area contributed by atoms with E-state index in [4.69, 9.17) is 0 Å². The fourth-order valence-electron chi connectivity index (χ4n) is 3.85. The van der Waals surface area contributed by atoms with Gasteiger partial charge < -0.3 is 5.32 Å². The lowest BCUT2D eigenvalue weighted by Gasteiger charge is -2.23. The van der Waals surface area contributed by atoms with Crippen LogP contribution in [0.5, 0.6) is 0 Å². The summed E-state index contributed by atoms with van der Waals surface area (Å²) in [4.78, 5) is 20.9. The summed E-state index contributed by atoms with van der Waals surface area (Å²) < 4.78 is 0. The highest BCUT2D eigenvalue weighted by molar-refractivity contribution is 7.15. The molecule has 1 saturated carbocycles. The molecule has 5 heteroatoms.